The topological polar surface area (TPSA) is 111 Å². The van der Waals surface area contributed by atoms with Gasteiger partial charge in [0.2, 0.25) is 0 Å². The summed E-state index contributed by atoms with van der Waals surface area (Å²) in [5.74, 6) is -2.29. The summed E-state index contributed by atoms with van der Waals surface area (Å²) in [5, 5.41) is 11.7. The second-order valence-electron chi connectivity index (χ2n) is 16.3. The maximum atomic E-state index is 12.7. The molecule has 318 valence electrons. The number of carbonyl (C=O) groups excluding carboxylic acids is 3. The lowest BCUT2D eigenvalue weighted by atomic mass is 10.0. The van der Waals surface area contributed by atoms with E-state index in [9.17, 15) is 19.5 Å². The predicted molar refractivity (Wildman–Crippen MR) is 219 cm³/mol. The average molecular weight is 768 g/mol. The van der Waals surface area contributed by atoms with Crippen LogP contribution in [-0.2, 0) is 33.3 Å². The van der Waals surface area contributed by atoms with Gasteiger partial charge in [-0.1, -0.05) is 161 Å². The highest BCUT2D eigenvalue weighted by Crippen LogP contribution is 2.15. The largest absolute Gasteiger partial charge is 0.545 e. The van der Waals surface area contributed by atoms with Crippen molar-refractivity contribution in [2.45, 2.75) is 212 Å². The Morgan fingerprint density at radius 2 is 0.944 bits per heavy atom. The van der Waals surface area contributed by atoms with E-state index >= 15 is 0 Å². The maximum Gasteiger partial charge on any atom is 0.306 e. The fourth-order valence-electron chi connectivity index (χ4n) is 6.24. The predicted octanol–water partition coefficient (Wildman–Crippen LogP) is 10.2. The SMILES string of the molecule is CCCCC/C=C\CCCCCCCC(=O)OC(COC(=O)CCCCCCCCCCCCCCCCCCC)COC(OCC[N+](C)(C)C)C(=O)[O-]. The molecule has 0 N–H and O–H groups in total. The number of carbonyl (C=O) groups is 3. The van der Waals surface area contributed by atoms with Crippen LogP contribution in [0.3, 0.4) is 0 Å². The highest BCUT2D eigenvalue weighted by Gasteiger charge is 2.21. The van der Waals surface area contributed by atoms with Gasteiger partial charge in [0.1, 0.15) is 13.2 Å². The van der Waals surface area contributed by atoms with Gasteiger partial charge in [0, 0.05) is 12.8 Å². The Balaban J connectivity index is 4.39. The molecular weight excluding hydrogens is 682 g/mol. The van der Waals surface area contributed by atoms with Crippen LogP contribution in [0.15, 0.2) is 12.2 Å². The van der Waals surface area contributed by atoms with Gasteiger partial charge in [-0.25, -0.2) is 0 Å². The van der Waals surface area contributed by atoms with Crippen LogP contribution in [-0.4, -0.2) is 82.3 Å². The first-order valence-electron chi connectivity index (χ1n) is 22.3. The van der Waals surface area contributed by atoms with Crippen molar-refractivity contribution in [1.29, 1.82) is 0 Å². The minimum atomic E-state index is -1.62. The Hall–Kier alpha value is -1.97. The van der Waals surface area contributed by atoms with Crippen LogP contribution in [0.25, 0.3) is 0 Å². The third kappa shape index (κ3) is 38.3. The molecule has 2 atom stereocenters. The van der Waals surface area contributed by atoms with E-state index in [4.69, 9.17) is 18.9 Å². The van der Waals surface area contributed by atoms with Crippen molar-refractivity contribution >= 4 is 17.9 Å². The summed E-state index contributed by atoms with van der Waals surface area (Å²) in [5.41, 5.74) is 0. The van der Waals surface area contributed by atoms with E-state index < -0.39 is 24.3 Å². The monoisotopic (exact) mass is 768 g/mol. The van der Waals surface area contributed by atoms with Crippen molar-refractivity contribution in [2.75, 3.05) is 47.5 Å². The number of hydrogen-bond acceptors (Lipinski definition) is 8. The number of carboxylic acid groups (broad SMARTS) is 1. The molecule has 0 aromatic heterocycles. The van der Waals surface area contributed by atoms with Gasteiger partial charge in [-0.2, -0.15) is 0 Å². The van der Waals surface area contributed by atoms with Crippen LogP contribution in [0.2, 0.25) is 0 Å². The Morgan fingerprint density at radius 3 is 1.41 bits per heavy atom. The molecule has 0 radical (unpaired) electrons. The fourth-order valence-corrected chi connectivity index (χ4v) is 6.24. The second kappa shape index (κ2) is 37.9. The number of likely N-dealkylation sites (N-methyl/N-ethyl adjacent to an activating group) is 1. The van der Waals surface area contributed by atoms with E-state index in [1.54, 1.807) is 0 Å². The smallest absolute Gasteiger partial charge is 0.306 e. The molecule has 0 amide bonds. The zero-order valence-corrected chi connectivity index (χ0v) is 35.9. The molecule has 0 aliphatic heterocycles. The molecule has 54 heavy (non-hydrogen) atoms. The number of aliphatic carboxylic acids is 1. The van der Waals surface area contributed by atoms with Crippen molar-refractivity contribution in [1.82, 2.24) is 0 Å². The number of esters is 2. The summed E-state index contributed by atoms with van der Waals surface area (Å²) in [4.78, 5) is 36.9. The molecule has 0 aromatic carbocycles. The van der Waals surface area contributed by atoms with Crippen molar-refractivity contribution < 1.29 is 42.9 Å². The van der Waals surface area contributed by atoms with Crippen molar-refractivity contribution in [3.63, 3.8) is 0 Å². The molecule has 0 spiro atoms. The molecule has 0 rings (SSSR count). The lowest BCUT2D eigenvalue weighted by molar-refractivity contribution is -0.870. The average Bonchev–Trinajstić information content (AvgIpc) is 3.12. The summed E-state index contributed by atoms with van der Waals surface area (Å²) in [6.45, 7) is 4.72. The first-order valence-corrected chi connectivity index (χ1v) is 22.3. The molecule has 0 aliphatic rings. The molecule has 0 bridgehead atoms. The molecule has 9 heteroatoms. The first-order chi connectivity index (χ1) is 26.1. The number of quaternary nitrogens is 1. The second-order valence-corrected chi connectivity index (χ2v) is 16.3. The van der Waals surface area contributed by atoms with Crippen molar-refractivity contribution in [2.24, 2.45) is 0 Å². The lowest BCUT2D eigenvalue weighted by Crippen LogP contribution is -2.44. The number of carboxylic acids is 1. The van der Waals surface area contributed by atoms with Crippen LogP contribution in [0.4, 0.5) is 0 Å². The molecule has 0 aromatic rings. The summed E-state index contributed by atoms with van der Waals surface area (Å²) >= 11 is 0. The van der Waals surface area contributed by atoms with Crippen LogP contribution in [0, 0.1) is 0 Å². The number of nitrogens with zero attached hydrogens (tertiary/aromatic N) is 1. The van der Waals surface area contributed by atoms with Gasteiger partial charge in [0.05, 0.1) is 40.3 Å². The Kier molecular flexibility index (Phi) is 36.5. The number of unbranched alkanes of at least 4 members (excludes halogenated alkanes) is 24. The summed E-state index contributed by atoms with van der Waals surface area (Å²) < 4.78 is 22.5. The van der Waals surface area contributed by atoms with Crippen LogP contribution >= 0.6 is 0 Å². The zero-order valence-electron chi connectivity index (χ0n) is 35.9. The van der Waals surface area contributed by atoms with Gasteiger partial charge in [-0.05, 0) is 38.5 Å². The van der Waals surface area contributed by atoms with Crippen LogP contribution < -0.4 is 5.11 Å². The fraction of sp³-hybridized carbons (Fsp3) is 0.889. The van der Waals surface area contributed by atoms with Crippen molar-refractivity contribution in [3.05, 3.63) is 12.2 Å². The number of rotatable bonds is 41. The van der Waals surface area contributed by atoms with Gasteiger partial charge < -0.3 is 33.3 Å². The molecule has 0 saturated heterocycles. The highest BCUT2D eigenvalue weighted by atomic mass is 16.7. The third-order valence-corrected chi connectivity index (χ3v) is 9.76. The minimum Gasteiger partial charge on any atom is -0.545 e. The quantitative estimate of drug-likeness (QED) is 0.0199. The summed E-state index contributed by atoms with van der Waals surface area (Å²) in [6.07, 6.45) is 35.2. The highest BCUT2D eigenvalue weighted by molar-refractivity contribution is 5.70. The van der Waals surface area contributed by atoms with Crippen LogP contribution in [0.1, 0.15) is 200 Å². The minimum absolute atomic E-state index is 0.149. The molecule has 0 heterocycles. The molecule has 2 unspecified atom stereocenters. The molecule has 0 saturated carbocycles. The molecule has 0 aliphatic carbocycles. The normalized spacial score (nSPS) is 13.0. The summed E-state index contributed by atoms with van der Waals surface area (Å²) in [6, 6.07) is 0. The van der Waals surface area contributed by atoms with Gasteiger partial charge in [0.15, 0.2) is 12.4 Å². The number of hydrogen-bond donors (Lipinski definition) is 0. The van der Waals surface area contributed by atoms with Gasteiger partial charge in [-0.3, -0.25) is 9.59 Å². The Labute approximate surface area is 332 Å². The Bertz CT molecular complexity index is 903. The van der Waals surface area contributed by atoms with Gasteiger partial charge in [-0.15, -0.1) is 0 Å². The lowest BCUT2D eigenvalue weighted by Gasteiger charge is -2.26. The Morgan fingerprint density at radius 1 is 0.537 bits per heavy atom. The van der Waals surface area contributed by atoms with E-state index in [0.29, 0.717) is 23.9 Å². The van der Waals surface area contributed by atoms with E-state index in [-0.39, 0.29) is 32.2 Å². The zero-order chi connectivity index (χ0) is 40.0. The third-order valence-electron chi connectivity index (χ3n) is 9.76. The van der Waals surface area contributed by atoms with Gasteiger partial charge >= 0.3 is 11.9 Å². The molecule has 9 nitrogen and oxygen atoms in total. The number of ether oxygens (including phenoxy) is 4. The van der Waals surface area contributed by atoms with E-state index in [1.165, 1.54) is 109 Å². The maximum absolute atomic E-state index is 12.7. The van der Waals surface area contributed by atoms with E-state index in [1.807, 2.05) is 21.1 Å². The van der Waals surface area contributed by atoms with E-state index in [2.05, 4.69) is 26.0 Å². The first kappa shape index (κ1) is 52.0. The number of allylic oxidation sites excluding steroid dienone is 2. The van der Waals surface area contributed by atoms with Gasteiger partial charge in [0.25, 0.3) is 0 Å². The standard InChI is InChI=1S/C45H85NO8/c1-6-8-10-12-14-16-18-20-21-22-23-24-26-27-29-31-33-35-42(47)52-39-41(40-53-45(44(49)50)51-38-37-46(3,4)5)54-43(48)36-34-32-30-28-25-19-17-15-13-11-9-7-2/h15,17,41,45H,6-14,16,18-40H2,1-5H3/b17-15-. The molecular formula is C45H85NO8. The van der Waals surface area contributed by atoms with E-state index in [0.717, 1.165) is 57.8 Å². The summed E-state index contributed by atoms with van der Waals surface area (Å²) in [7, 11) is 5.91. The molecule has 0 fully saturated rings. The van der Waals surface area contributed by atoms with Crippen LogP contribution in [0.5, 0.6) is 0 Å². The van der Waals surface area contributed by atoms with Crippen molar-refractivity contribution in [3.8, 4) is 0 Å².